The third-order valence-electron chi connectivity index (χ3n) is 3.92. The largest absolute Gasteiger partial charge is 0.384 e. The lowest BCUT2D eigenvalue weighted by molar-refractivity contribution is 0.209. The molecule has 3 nitrogen and oxygen atoms in total. The Morgan fingerprint density at radius 2 is 2.25 bits per heavy atom. The summed E-state index contributed by atoms with van der Waals surface area (Å²) in [5, 5.41) is 10.8. The summed E-state index contributed by atoms with van der Waals surface area (Å²) in [4.78, 5) is 6.47. The fourth-order valence-corrected chi connectivity index (χ4v) is 3.74. The second-order valence-corrected chi connectivity index (χ2v) is 6.16. The summed E-state index contributed by atoms with van der Waals surface area (Å²) in [6.07, 6.45) is 1.28. The van der Waals surface area contributed by atoms with Gasteiger partial charge < -0.3 is 5.11 Å². The van der Waals surface area contributed by atoms with E-state index in [2.05, 4.69) is 46.9 Å². The van der Waals surface area contributed by atoms with E-state index in [1.807, 2.05) is 0 Å². The molecule has 0 aromatic carbocycles. The minimum absolute atomic E-state index is 0.0666. The Morgan fingerprint density at radius 3 is 2.95 bits per heavy atom. The maximum absolute atomic E-state index is 8.71. The third-order valence-corrected chi connectivity index (χ3v) is 4.84. The van der Waals surface area contributed by atoms with E-state index < -0.39 is 0 Å². The molecule has 110 valence electrons. The van der Waals surface area contributed by atoms with Crippen molar-refractivity contribution >= 4 is 11.3 Å². The highest BCUT2D eigenvalue weighted by Crippen LogP contribution is 2.21. The van der Waals surface area contributed by atoms with Crippen LogP contribution in [0.25, 0.3) is 0 Å². The topological polar surface area (TPSA) is 26.7 Å². The Balaban J connectivity index is 1.87. The maximum Gasteiger partial charge on any atom is 0.104 e. The molecule has 2 heterocycles. The molecule has 20 heavy (non-hydrogen) atoms. The molecule has 1 atom stereocenters. The first-order chi connectivity index (χ1) is 9.76. The number of rotatable bonds is 5. The highest BCUT2D eigenvalue weighted by molar-refractivity contribution is 7.10. The van der Waals surface area contributed by atoms with Crippen LogP contribution in [-0.4, -0.2) is 53.7 Å². The van der Waals surface area contributed by atoms with Crippen LogP contribution < -0.4 is 0 Å². The fraction of sp³-hybridized carbons (Fsp3) is 0.625. The summed E-state index contributed by atoms with van der Waals surface area (Å²) >= 11 is 1.77. The lowest BCUT2D eigenvalue weighted by atomic mass is 10.2. The van der Waals surface area contributed by atoms with Crippen LogP contribution in [0.4, 0.5) is 0 Å². The van der Waals surface area contributed by atoms with Crippen molar-refractivity contribution in [1.82, 2.24) is 9.80 Å². The van der Waals surface area contributed by atoms with Gasteiger partial charge in [-0.3, -0.25) is 9.80 Å². The zero-order valence-corrected chi connectivity index (χ0v) is 13.2. The Kier molecular flexibility index (Phi) is 6.06. The van der Waals surface area contributed by atoms with Crippen LogP contribution >= 0.6 is 11.3 Å². The highest BCUT2D eigenvalue weighted by atomic mass is 32.1. The molecular formula is C16H24N2OS. The van der Waals surface area contributed by atoms with E-state index in [1.54, 1.807) is 11.3 Å². The molecule has 0 radical (unpaired) electrons. The molecule has 0 amide bonds. The van der Waals surface area contributed by atoms with E-state index in [0.29, 0.717) is 0 Å². The van der Waals surface area contributed by atoms with E-state index in [4.69, 9.17) is 5.11 Å². The number of hydrogen-bond donors (Lipinski definition) is 1. The first kappa shape index (κ1) is 15.5. The quantitative estimate of drug-likeness (QED) is 0.841. The van der Waals surface area contributed by atoms with Crippen molar-refractivity contribution < 1.29 is 5.11 Å². The van der Waals surface area contributed by atoms with Crippen molar-refractivity contribution in [3.05, 3.63) is 21.9 Å². The van der Waals surface area contributed by atoms with E-state index in [1.165, 1.54) is 24.4 Å². The monoisotopic (exact) mass is 292 g/mol. The molecule has 1 aromatic heterocycles. The average molecular weight is 292 g/mol. The molecule has 0 saturated carbocycles. The molecule has 1 aromatic rings. The van der Waals surface area contributed by atoms with Crippen LogP contribution in [0.2, 0.25) is 0 Å². The van der Waals surface area contributed by atoms with Crippen LogP contribution in [0.3, 0.4) is 0 Å². The number of likely N-dealkylation sites (tertiary alicyclic amines) is 1. The number of aliphatic hydroxyl groups is 1. The molecule has 1 fully saturated rings. The lowest BCUT2D eigenvalue weighted by Gasteiger charge is -2.26. The molecule has 0 bridgehead atoms. The highest BCUT2D eigenvalue weighted by Gasteiger charge is 2.26. The second kappa shape index (κ2) is 7.80. The van der Waals surface area contributed by atoms with Gasteiger partial charge in [-0.15, -0.1) is 11.3 Å². The zero-order chi connectivity index (χ0) is 14.4. The van der Waals surface area contributed by atoms with Crippen molar-refractivity contribution in [1.29, 1.82) is 0 Å². The minimum Gasteiger partial charge on any atom is -0.384 e. The van der Waals surface area contributed by atoms with Crippen LogP contribution in [0, 0.1) is 11.8 Å². The van der Waals surface area contributed by atoms with Gasteiger partial charge in [0, 0.05) is 41.5 Å². The van der Waals surface area contributed by atoms with Gasteiger partial charge in [0.25, 0.3) is 0 Å². The number of likely N-dealkylation sites (N-methyl/N-ethyl adjacent to an activating group) is 1. The maximum atomic E-state index is 8.71. The third kappa shape index (κ3) is 4.07. The molecule has 1 aliphatic heterocycles. The Bertz CT molecular complexity index is 470. The molecule has 1 saturated heterocycles. The van der Waals surface area contributed by atoms with Gasteiger partial charge in [-0.1, -0.05) is 25.7 Å². The van der Waals surface area contributed by atoms with Crippen molar-refractivity contribution in [2.75, 3.05) is 32.8 Å². The van der Waals surface area contributed by atoms with Gasteiger partial charge >= 0.3 is 0 Å². The summed E-state index contributed by atoms with van der Waals surface area (Å²) in [6.45, 7) is 10.1. The predicted octanol–water partition coefficient (Wildman–Crippen LogP) is 2.01. The van der Waals surface area contributed by atoms with Gasteiger partial charge in [0.1, 0.15) is 6.61 Å². The minimum atomic E-state index is -0.0666. The van der Waals surface area contributed by atoms with Gasteiger partial charge in [0.15, 0.2) is 0 Å². The molecule has 0 aliphatic carbocycles. The van der Waals surface area contributed by atoms with E-state index >= 15 is 0 Å². The van der Waals surface area contributed by atoms with Crippen LogP contribution in [0.1, 0.15) is 30.7 Å². The smallest absolute Gasteiger partial charge is 0.104 e. The standard InChI is InChI=1S/C16H24N2OS/c1-3-18(4-2)15-7-8-17(11-15)12-16-10-14(13-20-16)6-5-9-19/h10,13,15,19H,3-4,7-9,11-12H2,1-2H3. The van der Waals surface area contributed by atoms with Crippen molar-refractivity contribution in [2.24, 2.45) is 0 Å². The van der Waals surface area contributed by atoms with E-state index in [9.17, 15) is 0 Å². The molecule has 1 aliphatic rings. The second-order valence-electron chi connectivity index (χ2n) is 5.16. The van der Waals surface area contributed by atoms with Crippen LogP contribution in [0.15, 0.2) is 11.4 Å². The lowest BCUT2D eigenvalue weighted by Crippen LogP contribution is -2.37. The Morgan fingerprint density at radius 1 is 1.45 bits per heavy atom. The molecule has 1 unspecified atom stereocenters. The summed E-state index contributed by atoms with van der Waals surface area (Å²) in [5.41, 5.74) is 1.03. The van der Waals surface area contributed by atoms with E-state index in [-0.39, 0.29) is 6.61 Å². The summed E-state index contributed by atoms with van der Waals surface area (Å²) < 4.78 is 0. The number of nitrogens with zero attached hydrogens (tertiary/aromatic N) is 2. The van der Waals surface area contributed by atoms with Gasteiger partial charge in [0.05, 0.1) is 0 Å². The Hall–Kier alpha value is -0.860. The summed E-state index contributed by atoms with van der Waals surface area (Å²) in [6, 6.07) is 2.87. The normalized spacial score (nSPS) is 19.3. The molecular weight excluding hydrogens is 268 g/mol. The average Bonchev–Trinajstić information content (AvgIpc) is 3.08. The molecule has 1 N–H and O–H groups in total. The molecule has 4 heteroatoms. The summed E-state index contributed by atoms with van der Waals surface area (Å²) in [5.74, 6) is 5.67. The molecule has 0 spiro atoms. The Labute approximate surface area is 126 Å². The molecule has 2 rings (SSSR count). The first-order valence-corrected chi connectivity index (χ1v) is 8.28. The number of aliphatic hydroxyl groups excluding tert-OH is 1. The van der Waals surface area contributed by atoms with Crippen molar-refractivity contribution in [3.8, 4) is 11.8 Å². The SMILES string of the molecule is CCN(CC)C1CCN(Cc2cc(C#CCO)cs2)C1. The summed E-state index contributed by atoms with van der Waals surface area (Å²) in [7, 11) is 0. The zero-order valence-electron chi connectivity index (χ0n) is 12.4. The predicted molar refractivity (Wildman–Crippen MR) is 84.9 cm³/mol. The van der Waals surface area contributed by atoms with Crippen molar-refractivity contribution in [2.45, 2.75) is 32.9 Å². The number of hydrogen-bond acceptors (Lipinski definition) is 4. The number of thiophene rings is 1. The van der Waals surface area contributed by atoms with Gasteiger partial charge in [-0.2, -0.15) is 0 Å². The first-order valence-electron chi connectivity index (χ1n) is 7.40. The van der Waals surface area contributed by atoms with Gasteiger partial charge in [0.2, 0.25) is 0 Å². The van der Waals surface area contributed by atoms with Crippen molar-refractivity contribution in [3.63, 3.8) is 0 Å². The fourth-order valence-electron chi connectivity index (χ4n) is 2.88. The van der Waals surface area contributed by atoms with Crippen LogP contribution in [-0.2, 0) is 6.54 Å². The van der Waals surface area contributed by atoms with Gasteiger partial charge in [-0.25, -0.2) is 0 Å². The van der Waals surface area contributed by atoms with Gasteiger partial charge in [-0.05, 0) is 25.6 Å². The van der Waals surface area contributed by atoms with E-state index in [0.717, 1.165) is 31.2 Å². The van der Waals surface area contributed by atoms with Crippen LogP contribution in [0.5, 0.6) is 0 Å².